The van der Waals surface area contributed by atoms with Gasteiger partial charge in [0, 0.05) is 11.6 Å². The zero-order valence-corrected chi connectivity index (χ0v) is 16.5. The van der Waals surface area contributed by atoms with Crippen molar-refractivity contribution in [2.45, 2.75) is 6.61 Å². The second-order valence-corrected chi connectivity index (χ2v) is 6.55. The Morgan fingerprint density at radius 3 is 2.33 bits per heavy atom. The van der Waals surface area contributed by atoms with Gasteiger partial charge in [-0.15, -0.1) is 0 Å². The zero-order chi connectivity index (χ0) is 23.5. The lowest BCUT2D eigenvalue weighted by Gasteiger charge is -2.08. The normalized spacial score (nSPS) is 10.9. The first-order valence-electron chi connectivity index (χ1n) is 9.22. The summed E-state index contributed by atoms with van der Waals surface area (Å²) in [6, 6.07) is 9.36. The molecule has 0 spiro atoms. The molecule has 2 aromatic heterocycles. The Morgan fingerprint density at radius 2 is 1.67 bits per heavy atom. The fourth-order valence-electron chi connectivity index (χ4n) is 2.69. The third kappa shape index (κ3) is 4.79. The summed E-state index contributed by atoms with van der Waals surface area (Å²) >= 11 is 0. The largest absolute Gasteiger partial charge is 0.484 e. The summed E-state index contributed by atoms with van der Waals surface area (Å²) in [5.74, 6) is -7.46. The molecule has 12 heteroatoms. The number of rotatable bonds is 8. The van der Waals surface area contributed by atoms with Crippen LogP contribution in [0.25, 0.3) is 23.0 Å². The average Bonchev–Trinajstić information content (AvgIpc) is 3.46. The van der Waals surface area contributed by atoms with Crippen molar-refractivity contribution in [3.05, 3.63) is 71.5 Å². The van der Waals surface area contributed by atoms with Gasteiger partial charge in [-0.1, -0.05) is 5.16 Å². The number of amides is 1. The summed E-state index contributed by atoms with van der Waals surface area (Å²) in [5, 5.41) is 3.84. The maximum absolute atomic E-state index is 13.7. The van der Waals surface area contributed by atoms with Crippen LogP contribution in [0.4, 0.5) is 17.6 Å². The third-order valence-electron chi connectivity index (χ3n) is 4.22. The van der Waals surface area contributed by atoms with E-state index in [-0.39, 0.29) is 35.9 Å². The zero-order valence-electron chi connectivity index (χ0n) is 16.5. The van der Waals surface area contributed by atoms with Crippen LogP contribution in [0.5, 0.6) is 11.5 Å². The topological polar surface area (TPSA) is 114 Å². The van der Waals surface area contributed by atoms with Gasteiger partial charge in [0.05, 0.1) is 0 Å². The van der Waals surface area contributed by atoms with E-state index in [2.05, 4.69) is 10.1 Å². The summed E-state index contributed by atoms with van der Waals surface area (Å²) < 4.78 is 74.5. The molecule has 4 aromatic rings. The van der Waals surface area contributed by atoms with Gasteiger partial charge < -0.3 is 24.1 Å². The molecule has 2 aromatic carbocycles. The number of benzene rings is 2. The van der Waals surface area contributed by atoms with E-state index in [4.69, 9.17) is 24.1 Å². The number of nitrogens with two attached hydrogens (primary N) is 1. The molecule has 4 rings (SSSR count). The number of furan rings is 1. The SMILES string of the molecule is NC(=O)COc1ccc(-c2noc(-c3ccc(COc4c(F)c(F)cc(F)c4F)o3)n2)cc1. The maximum atomic E-state index is 13.7. The maximum Gasteiger partial charge on any atom is 0.293 e. The van der Waals surface area contributed by atoms with Crippen LogP contribution in [0.3, 0.4) is 0 Å². The minimum Gasteiger partial charge on any atom is -0.484 e. The summed E-state index contributed by atoms with van der Waals surface area (Å²) in [7, 11) is 0. The molecule has 0 aliphatic heterocycles. The molecule has 0 fully saturated rings. The highest BCUT2D eigenvalue weighted by molar-refractivity contribution is 5.75. The van der Waals surface area contributed by atoms with Gasteiger partial charge in [0.25, 0.3) is 11.8 Å². The number of carbonyl (C=O) groups excluding carboxylic acids is 1. The molecule has 33 heavy (non-hydrogen) atoms. The van der Waals surface area contributed by atoms with E-state index in [1.165, 1.54) is 12.1 Å². The minimum absolute atomic E-state index is 0.000494. The Morgan fingerprint density at radius 1 is 0.970 bits per heavy atom. The summed E-state index contributed by atoms with van der Waals surface area (Å²) in [5.41, 5.74) is 5.59. The Bertz CT molecular complexity index is 1280. The fourth-order valence-corrected chi connectivity index (χ4v) is 2.69. The molecule has 0 saturated carbocycles. The van der Waals surface area contributed by atoms with Crippen LogP contribution >= 0.6 is 0 Å². The number of primary amides is 1. The monoisotopic (exact) mass is 463 g/mol. The molecule has 0 unspecified atom stereocenters. The Balaban J connectivity index is 1.44. The van der Waals surface area contributed by atoms with Crippen molar-refractivity contribution < 1.29 is 40.8 Å². The molecule has 2 heterocycles. The highest BCUT2D eigenvalue weighted by Crippen LogP contribution is 2.29. The van der Waals surface area contributed by atoms with Crippen molar-refractivity contribution in [3.63, 3.8) is 0 Å². The van der Waals surface area contributed by atoms with Crippen LogP contribution < -0.4 is 15.2 Å². The number of nitrogens with zero attached hydrogens (tertiary/aromatic N) is 2. The van der Waals surface area contributed by atoms with Gasteiger partial charge in [-0.05, 0) is 36.4 Å². The first kappa shape index (κ1) is 21.9. The van der Waals surface area contributed by atoms with Crippen LogP contribution in [0.15, 0.2) is 51.4 Å². The van der Waals surface area contributed by atoms with Crippen LogP contribution in [-0.4, -0.2) is 22.7 Å². The van der Waals surface area contributed by atoms with Crippen molar-refractivity contribution in [1.82, 2.24) is 10.1 Å². The van der Waals surface area contributed by atoms with Gasteiger partial charge >= 0.3 is 0 Å². The molecule has 170 valence electrons. The van der Waals surface area contributed by atoms with Gasteiger partial charge in [-0.3, -0.25) is 4.79 Å². The second-order valence-electron chi connectivity index (χ2n) is 6.55. The van der Waals surface area contributed by atoms with Gasteiger partial charge in [-0.2, -0.15) is 13.8 Å². The number of hydrogen-bond acceptors (Lipinski definition) is 7. The fraction of sp³-hybridized carbons (Fsp3) is 0.0952. The standard InChI is InChI=1S/C21H13F4N3O5/c22-13-7-14(23)18(25)19(17(13)24)31-8-12-5-6-15(32-12)21-27-20(28-33-21)10-1-3-11(4-2-10)30-9-16(26)29/h1-7H,8-9H2,(H2,26,29). The van der Waals surface area contributed by atoms with Crippen molar-refractivity contribution in [1.29, 1.82) is 0 Å². The second kappa shape index (κ2) is 9.02. The molecule has 8 nitrogen and oxygen atoms in total. The van der Waals surface area contributed by atoms with E-state index in [1.54, 1.807) is 24.3 Å². The quantitative estimate of drug-likeness (QED) is 0.310. The summed E-state index contributed by atoms with van der Waals surface area (Å²) in [6.45, 7) is -0.784. The predicted molar refractivity (Wildman–Crippen MR) is 103 cm³/mol. The molecular weight excluding hydrogens is 450 g/mol. The van der Waals surface area contributed by atoms with Crippen LogP contribution in [0.2, 0.25) is 0 Å². The van der Waals surface area contributed by atoms with Gasteiger partial charge in [-0.25, -0.2) is 8.78 Å². The first-order valence-corrected chi connectivity index (χ1v) is 9.22. The highest BCUT2D eigenvalue weighted by Gasteiger charge is 2.21. The molecule has 0 saturated heterocycles. The number of hydrogen-bond donors (Lipinski definition) is 1. The minimum atomic E-state index is -1.66. The third-order valence-corrected chi connectivity index (χ3v) is 4.22. The van der Waals surface area contributed by atoms with E-state index in [0.29, 0.717) is 11.3 Å². The molecule has 0 aliphatic rings. The lowest BCUT2D eigenvalue weighted by atomic mass is 10.2. The molecule has 1 amide bonds. The van der Waals surface area contributed by atoms with E-state index >= 15 is 0 Å². The number of carbonyl (C=O) groups is 1. The van der Waals surface area contributed by atoms with Gasteiger partial charge in [0.2, 0.25) is 17.5 Å². The molecule has 0 aliphatic carbocycles. The van der Waals surface area contributed by atoms with E-state index in [9.17, 15) is 22.4 Å². The first-order chi connectivity index (χ1) is 15.8. The number of ether oxygens (including phenoxy) is 2. The van der Waals surface area contributed by atoms with Crippen molar-refractivity contribution in [3.8, 4) is 34.5 Å². The van der Waals surface area contributed by atoms with Gasteiger partial charge in [0.15, 0.2) is 29.8 Å². The van der Waals surface area contributed by atoms with Crippen molar-refractivity contribution in [2.75, 3.05) is 6.61 Å². The van der Waals surface area contributed by atoms with Crippen LogP contribution in [0, 0.1) is 23.3 Å². The number of aromatic nitrogens is 2. The lowest BCUT2D eigenvalue weighted by molar-refractivity contribution is -0.119. The van der Waals surface area contributed by atoms with Gasteiger partial charge in [0.1, 0.15) is 18.1 Å². The van der Waals surface area contributed by atoms with Crippen LogP contribution in [-0.2, 0) is 11.4 Å². The van der Waals surface area contributed by atoms with Crippen molar-refractivity contribution >= 4 is 5.91 Å². The molecule has 0 radical (unpaired) electrons. The average molecular weight is 463 g/mol. The molecule has 0 atom stereocenters. The van der Waals surface area contributed by atoms with E-state index in [0.717, 1.165) is 0 Å². The van der Waals surface area contributed by atoms with E-state index in [1.807, 2.05) is 0 Å². The Labute approximate surface area is 182 Å². The Kier molecular flexibility index (Phi) is 5.98. The van der Waals surface area contributed by atoms with E-state index < -0.39 is 41.5 Å². The summed E-state index contributed by atoms with van der Waals surface area (Å²) in [4.78, 5) is 14.9. The molecule has 2 N–H and O–H groups in total. The number of halogens is 4. The molecule has 0 bridgehead atoms. The predicted octanol–water partition coefficient (Wildman–Crippen LogP) is 4.00. The molecular formula is C21H13F4N3O5. The Hall–Kier alpha value is -4.35. The summed E-state index contributed by atoms with van der Waals surface area (Å²) in [6.07, 6.45) is 0. The lowest BCUT2D eigenvalue weighted by Crippen LogP contribution is -2.19. The van der Waals surface area contributed by atoms with Crippen molar-refractivity contribution in [2.24, 2.45) is 5.73 Å². The highest BCUT2D eigenvalue weighted by atomic mass is 19.2. The smallest absolute Gasteiger partial charge is 0.293 e. The van der Waals surface area contributed by atoms with Crippen LogP contribution in [0.1, 0.15) is 5.76 Å².